The van der Waals surface area contributed by atoms with Crippen LogP contribution in [-0.4, -0.2) is 36.6 Å². The molecule has 0 saturated heterocycles. The molecule has 2 aromatic heterocycles. The normalized spacial score (nSPS) is 20.2. The highest BCUT2D eigenvalue weighted by Gasteiger charge is 2.33. The Morgan fingerprint density at radius 1 is 1.08 bits per heavy atom. The maximum atomic E-state index is 14.3. The van der Waals surface area contributed by atoms with E-state index in [1.54, 1.807) is 33.0 Å². The molecule has 190 valence electrons. The second kappa shape index (κ2) is 9.78. The summed E-state index contributed by atoms with van der Waals surface area (Å²) in [4.78, 5) is 22.2. The molecule has 0 atom stereocenters. The Hall–Kier alpha value is -3.04. The van der Waals surface area contributed by atoms with E-state index < -0.39 is 11.8 Å². The molecule has 36 heavy (non-hydrogen) atoms. The average Bonchev–Trinajstić information content (AvgIpc) is 3.15. The molecule has 1 saturated carbocycles. The number of hydrogen-bond donors (Lipinski definition) is 0. The van der Waals surface area contributed by atoms with Crippen molar-refractivity contribution in [3.05, 3.63) is 70.3 Å². The zero-order chi connectivity index (χ0) is 25.4. The Kier molecular flexibility index (Phi) is 6.70. The van der Waals surface area contributed by atoms with Crippen LogP contribution in [0.4, 0.5) is 9.18 Å². The molecule has 1 fully saturated rings. The van der Waals surface area contributed by atoms with Crippen molar-refractivity contribution in [2.24, 2.45) is 0 Å². The van der Waals surface area contributed by atoms with Gasteiger partial charge in [-0.25, -0.2) is 9.18 Å². The van der Waals surface area contributed by atoms with Crippen molar-refractivity contribution in [3.8, 4) is 5.69 Å². The molecule has 5 rings (SSSR count). The molecule has 0 bridgehead atoms. The van der Waals surface area contributed by atoms with Crippen molar-refractivity contribution in [3.63, 3.8) is 0 Å². The standard InChI is InChI=1S/C26H29ClFN5O3/c1-26(2,3)35-25(34)36-32-14-18-13-19(27)10-11-21(18)33-22(15-32)30-31-24(33)17-8-6-16(7-9-17)23-20(28)5-4-12-29-23/h4-5,10-13,16-17H,6-9,14-15H2,1-3H3/t16-,17-. The van der Waals surface area contributed by atoms with Crippen LogP contribution in [0.25, 0.3) is 5.69 Å². The molecule has 1 aliphatic carbocycles. The Morgan fingerprint density at radius 2 is 1.83 bits per heavy atom. The summed E-state index contributed by atoms with van der Waals surface area (Å²) in [5, 5.41) is 11.1. The number of hydroxylamine groups is 2. The SMILES string of the molecule is CC(C)(C)OC(=O)ON1Cc2cc(Cl)ccc2-n2c(nnc2[C@H]2CC[C@H](c3ncccc3F)CC2)C1. The number of nitrogens with zero attached hydrogens (tertiary/aromatic N) is 5. The quantitative estimate of drug-likeness (QED) is 0.392. The van der Waals surface area contributed by atoms with Gasteiger partial charge in [-0.1, -0.05) is 11.6 Å². The van der Waals surface area contributed by atoms with E-state index in [4.69, 9.17) is 21.2 Å². The maximum absolute atomic E-state index is 14.3. The van der Waals surface area contributed by atoms with Crippen LogP contribution in [0.5, 0.6) is 0 Å². The van der Waals surface area contributed by atoms with Crippen molar-refractivity contribution in [2.75, 3.05) is 0 Å². The van der Waals surface area contributed by atoms with E-state index in [9.17, 15) is 9.18 Å². The fourth-order valence-corrected chi connectivity index (χ4v) is 5.22. The zero-order valence-electron chi connectivity index (χ0n) is 20.6. The summed E-state index contributed by atoms with van der Waals surface area (Å²) in [7, 11) is 0. The van der Waals surface area contributed by atoms with Gasteiger partial charge in [0.25, 0.3) is 0 Å². The molecule has 0 spiro atoms. The molecule has 1 aliphatic heterocycles. The number of pyridine rings is 1. The average molecular weight is 514 g/mol. The first-order chi connectivity index (χ1) is 17.2. The molecular weight excluding hydrogens is 485 g/mol. The van der Waals surface area contributed by atoms with E-state index in [1.807, 2.05) is 18.2 Å². The lowest BCUT2D eigenvalue weighted by atomic mass is 9.79. The number of benzene rings is 1. The number of carbonyl (C=O) groups is 1. The topological polar surface area (TPSA) is 82.4 Å². The highest BCUT2D eigenvalue weighted by atomic mass is 35.5. The predicted molar refractivity (Wildman–Crippen MR) is 131 cm³/mol. The van der Waals surface area contributed by atoms with E-state index in [0.29, 0.717) is 23.1 Å². The van der Waals surface area contributed by atoms with E-state index in [-0.39, 0.29) is 24.2 Å². The molecule has 0 radical (unpaired) electrons. The lowest BCUT2D eigenvalue weighted by molar-refractivity contribution is -0.155. The third-order valence-corrected chi connectivity index (χ3v) is 6.80. The van der Waals surface area contributed by atoms with Crippen molar-refractivity contribution in [1.29, 1.82) is 0 Å². The molecule has 0 unspecified atom stereocenters. The van der Waals surface area contributed by atoms with Gasteiger partial charge < -0.3 is 9.57 Å². The van der Waals surface area contributed by atoms with Gasteiger partial charge in [-0.3, -0.25) is 9.55 Å². The van der Waals surface area contributed by atoms with E-state index in [2.05, 4.69) is 19.7 Å². The van der Waals surface area contributed by atoms with Crippen LogP contribution in [0, 0.1) is 5.82 Å². The maximum Gasteiger partial charge on any atom is 0.528 e. The Balaban J connectivity index is 1.41. The second-order valence-corrected chi connectivity index (χ2v) is 10.8. The van der Waals surface area contributed by atoms with Gasteiger partial charge in [-0.05, 0) is 82.3 Å². The Morgan fingerprint density at radius 3 is 2.56 bits per heavy atom. The zero-order valence-corrected chi connectivity index (χ0v) is 21.3. The monoisotopic (exact) mass is 513 g/mol. The van der Waals surface area contributed by atoms with Crippen LogP contribution in [0.2, 0.25) is 5.02 Å². The highest BCUT2D eigenvalue weighted by molar-refractivity contribution is 6.30. The molecule has 2 aliphatic rings. The summed E-state index contributed by atoms with van der Waals surface area (Å²) in [5.41, 5.74) is 1.66. The minimum atomic E-state index is -0.778. The first-order valence-electron chi connectivity index (χ1n) is 12.2. The van der Waals surface area contributed by atoms with Crippen LogP contribution >= 0.6 is 11.6 Å². The number of fused-ring (bicyclic) bond motifs is 3. The molecule has 3 aromatic rings. The lowest BCUT2D eigenvalue weighted by Crippen LogP contribution is -2.31. The van der Waals surface area contributed by atoms with Gasteiger partial charge in [0.15, 0.2) is 5.82 Å². The van der Waals surface area contributed by atoms with Gasteiger partial charge in [0.05, 0.1) is 24.5 Å². The summed E-state index contributed by atoms with van der Waals surface area (Å²) in [6, 6.07) is 8.73. The summed E-state index contributed by atoms with van der Waals surface area (Å²) >= 11 is 6.32. The Bertz CT molecular complexity index is 1270. The number of rotatable bonds is 3. The summed E-state index contributed by atoms with van der Waals surface area (Å²) < 4.78 is 21.7. The van der Waals surface area contributed by atoms with Crippen LogP contribution in [0.15, 0.2) is 36.5 Å². The van der Waals surface area contributed by atoms with Crippen LogP contribution in [0.1, 0.15) is 81.2 Å². The van der Waals surface area contributed by atoms with Gasteiger partial charge in [-0.15, -0.1) is 15.3 Å². The highest BCUT2D eigenvalue weighted by Crippen LogP contribution is 2.41. The summed E-state index contributed by atoms with van der Waals surface area (Å²) in [6.45, 7) is 5.92. The third kappa shape index (κ3) is 5.22. The number of hydrogen-bond acceptors (Lipinski definition) is 7. The molecule has 10 heteroatoms. The first kappa shape index (κ1) is 24.6. The van der Waals surface area contributed by atoms with Crippen molar-refractivity contribution in [1.82, 2.24) is 24.8 Å². The largest absolute Gasteiger partial charge is 0.528 e. The van der Waals surface area contributed by atoms with E-state index >= 15 is 0 Å². The number of carbonyl (C=O) groups excluding carboxylic acids is 1. The molecule has 8 nitrogen and oxygen atoms in total. The van der Waals surface area contributed by atoms with E-state index in [0.717, 1.165) is 42.8 Å². The predicted octanol–water partition coefficient (Wildman–Crippen LogP) is 6.08. The third-order valence-electron chi connectivity index (χ3n) is 6.56. The minimum Gasteiger partial charge on any atom is -0.427 e. The van der Waals surface area contributed by atoms with E-state index in [1.165, 1.54) is 11.1 Å². The van der Waals surface area contributed by atoms with Gasteiger partial charge in [-0.2, -0.15) is 0 Å². The summed E-state index contributed by atoms with van der Waals surface area (Å²) in [6.07, 6.45) is 4.21. The fraction of sp³-hybridized carbons (Fsp3) is 0.462. The van der Waals surface area contributed by atoms with Crippen molar-refractivity contribution >= 4 is 17.8 Å². The number of ether oxygens (including phenoxy) is 1. The van der Waals surface area contributed by atoms with Gasteiger partial charge in [0.1, 0.15) is 17.2 Å². The molecule has 1 aromatic carbocycles. The molecule has 0 amide bonds. The van der Waals surface area contributed by atoms with Crippen LogP contribution in [0.3, 0.4) is 0 Å². The second-order valence-electron chi connectivity index (χ2n) is 10.4. The van der Waals surface area contributed by atoms with Crippen LogP contribution in [-0.2, 0) is 22.7 Å². The molecule has 3 heterocycles. The van der Waals surface area contributed by atoms with Gasteiger partial charge >= 0.3 is 6.16 Å². The first-order valence-corrected chi connectivity index (χ1v) is 12.5. The van der Waals surface area contributed by atoms with Crippen molar-refractivity contribution in [2.45, 2.75) is 77.0 Å². The van der Waals surface area contributed by atoms with Gasteiger partial charge in [0.2, 0.25) is 0 Å². The minimum absolute atomic E-state index is 0.0952. The molecular formula is C26H29ClFN5O3. The Labute approximate surface area is 214 Å². The number of aromatic nitrogens is 4. The van der Waals surface area contributed by atoms with Gasteiger partial charge in [0, 0.05) is 23.1 Å². The summed E-state index contributed by atoms with van der Waals surface area (Å²) in [5.74, 6) is 1.53. The molecule has 0 N–H and O–H groups in total. The van der Waals surface area contributed by atoms with Crippen LogP contribution < -0.4 is 0 Å². The van der Waals surface area contributed by atoms with Crippen molar-refractivity contribution < 1.29 is 18.8 Å². The smallest absolute Gasteiger partial charge is 0.427 e. The lowest BCUT2D eigenvalue weighted by Gasteiger charge is -2.28. The number of halogens is 2. The fourth-order valence-electron chi connectivity index (χ4n) is 5.02.